The van der Waals surface area contributed by atoms with E-state index in [1.165, 1.54) is 12.8 Å². The predicted molar refractivity (Wildman–Crippen MR) is 83.6 cm³/mol. The van der Waals surface area contributed by atoms with E-state index in [1.54, 1.807) is 16.7 Å². The summed E-state index contributed by atoms with van der Waals surface area (Å²) in [5.41, 5.74) is 5.86. The third-order valence-electron chi connectivity index (χ3n) is 4.77. The van der Waals surface area contributed by atoms with Crippen molar-refractivity contribution < 1.29 is 14.3 Å². The van der Waals surface area contributed by atoms with Crippen LogP contribution in [0, 0.1) is 0 Å². The van der Waals surface area contributed by atoms with Gasteiger partial charge < -0.3 is 15.4 Å². The van der Waals surface area contributed by atoms with E-state index in [2.05, 4.69) is 5.10 Å². The van der Waals surface area contributed by atoms with E-state index in [9.17, 15) is 9.59 Å². The van der Waals surface area contributed by atoms with Crippen LogP contribution in [-0.2, 0) is 20.9 Å². The zero-order chi connectivity index (χ0) is 16.4. The molecule has 126 valence electrons. The molecule has 1 aliphatic heterocycles. The Morgan fingerprint density at radius 3 is 2.91 bits per heavy atom. The number of amides is 2. The minimum absolute atomic E-state index is 0.0359. The number of hydrogen-bond acceptors (Lipinski definition) is 4. The number of aromatic nitrogens is 2. The van der Waals surface area contributed by atoms with Gasteiger partial charge in [0.15, 0.2) is 0 Å². The molecule has 1 aromatic heterocycles. The van der Waals surface area contributed by atoms with E-state index in [4.69, 9.17) is 10.5 Å². The molecule has 2 amide bonds. The van der Waals surface area contributed by atoms with E-state index in [0.717, 1.165) is 18.5 Å². The van der Waals surface area contributed by atoms with Gasteiger partial charge in [-0.25, -0.2) is 0 Å². The summed E-state index contributed by atoms with van der Waals surface area (Å²) < 4.78 is 6.97. The number of hydrogen-bond donors (Lipinski definition) is 1. The van der Waals surface area contributed by atoms with Crippen molar-refractivity contribution in [3.05, 3.63) is 18.0 Å². The van der Waals surface area contributed by atoms with Gasteiger partial charge in [-0.15, -0.1) is 0 Å². The van der Waals surface area contributed by atoms with Crippen LogP contribution in [0.2, 0.25) is 0 Å². The Morgan fingerprint density at radius 1 is 1.48 bits per heavy atom. The first kappa shape index (κ1) is 16.0. The SMILES string of the molecule is COC[C@]1(CC(N)=O)CCCN1C(=O)Cn1ccc(C2CC2)n1. The van der Waals surface area contributed by atoms with Gasteiger partial charge in [-0.3, -0.25) is 14.3 Å². The number of rotatable bonds is 7. The Morgan fingerprint density at radius 2 is 2.26 bits per heavy atom. The number of ether oxygens (including phenoxy) is 1. The van der Waals surface area contributed by atoms with Crippen molar-refractivity contribution in [1.29, 1.82) is 0 Å². The quantitative estimate of drug-likeness (QED) is 0.798. The summed E-state index contributed by atoms with van der Waals surface area (Å²) in [5.74, 6) is 0.128. The van der Waals surface area contributed by atoms with Crippen molar-refractivity contribution in [2.24, 2.45) is 5.73 Å². The van der Waals surface area contributed by atoms with Crippen LogP contribution in [-0.4, -0.2) is 52.3 Å². The second kappa shape index (κ2) is 6.31. The molecule has 2 aliphatic rings. The Bertz CT molecular complexity index is 596. The van der Waals surface area contributed by atoms with E-state index in [0.29, 0.717) is 19.1 Å². The second-order valence-corrected chi connectivity index (χ2v) is 6.66. The van der Waals surface area contributed by atoms with Crippen LogP contribution in [0.1, 0.15) is 43.7 Å². The van der Waals surface area contributed by atoms with Gasteiger partial charge in [0.25, 0.3) is 0 Å². The van der Waals surface area contributed by atoms with E-state index >= 15 is 0 Å². The standard InChI is InChI=1S/C16H24N4O3/c1-23-11-16(9-14(17)21)6-2-7-20(16)15(22)10-19-8-5-13(18-19)12-3-4-12/h5,8,12H,2-4,6-7,9-11H2,1H3,(H2,17,21)/t16-/m1/s1. The maximum absolute atomic E-state index is 12.7. The summed E-state index contributed by atoms with van der Waals surface area (Å²) in [6.07, 6.45) is 5.96. The van der Waals surface area contributed by atoms with Crippen molar-refractivity contribution in [3.63, 3.8) is 0 Å². The monoisotopic (exact) mass is 320 g/mol. The fourth-order valence-electron chi connectivity index (χ4n) is 3.59. The van der Waals surface area contributed by atoms with Gasteiger partial charge in [0.1, 0.15) is 6.54 Å². The van der Waals surface area contributed by atoms with Crippen LogP contribution in [0.3, 0.4) is 0 Å². The predicted octanol–water partition coefficient (Wildman–Crippen LogP) is 0.644. The fourth-order valence-corrected chi connectivity index (χ4v) is 3.59. The summed E-state index contributed by atoms with van der Waals surface area (Å²) >= 11 is 0. The summed E-state index contributed by atoms with van der Waals surface area (Å²) in [6.45, 7) is 1.15. The molecule has 2 fully saturated rings. The third kappa shape index (κ3) is 3.39. The van der Waals surface area contributed by atoms with Crippen LogP contribution in [0.4, 0.5) is 0 Å². The highest BCUT2D eigenvalue weighted by Crippen LogP contribution is 2.39. The first-order valence-corrected chi connectivity index (χ1v) is 8.15. The smallest absolute Gasteiger partial charge is 0.244 e. The molecule has 1 saturated heterocycles. The average molecular weight is 320 g/mol. The first-order chi connectivity index (χ1) is 11.0. The van der Waals surface area contributed by atoms with Gasteiger partial charge in [0, 0.05) is 25.8 Å². The molecule has 2 heterocycles. The first-order valence-electron chi connectivity index (χ1n) is 8.15. The van der Waals surface area contributed by atoms with Crippen molar-refractivity contribution >= 4 is 11.8 Å². The molecular weight excluding hydrogens is 296 g/mol. The molecule has 1 aromatic rings. The van der Waals surface area contributed by atoms with Gasteiger partial charge in [-0.2, -0.15) is 5.10 Å². The van der Waals surface area contributed by atoms with Gasteiger partial charge in [0.05, 0.1) is 24.3 Å². The molecule has 23 heavy (non-hydrogen) atoms. The molecule has 1 saturated carbocycles. The molecule has 1 atom stereocenters. The maximum atomic E-state index is 12.7. The second-order valence-electron chi connectivity index (χ2n) is 6.66. The normalized spacial score (nSPS) is 24.1. The highest BCUT2D eigenvalue weighted by atomic mass is 16.5. The van der Waals surface area contributed by atoms with Crippen LogP contribution in [0.5, 0.6) is 0 Å². The molecule has 0 radical (unpaired) electrons. The molecule has 7 heteroatoms. The van der Waals surface area contributed by atoms with Crippen molar-refractivity contribution in [1.82, 2.24) is 14.7 Å². The lowest BCUT2D eigenvalue weighted by Crippen LogP contribution is -2.53. The van der Waals surface area contributed by atoms with E-state index < -0.39 is 11.4 Å². The van der Waals surface area contributed by atoms with E-state index in [-0.39, 0.29) is 18.9 Å². The van der Waals surface area contributed by atoms with Gasteiger partial charge in [-0.1, -0.05) is 0 Å². The highest BCUT2D eigenvalue weighted by molar-refractivity contribution is 5.80. The Kier molecular flexibility index (Phi) is 4.39. The molecule has 1 aliphatic carbocycles. The number of nitrogens with zero attached hydrogens (tertiary/aromatic N) is 3. The highest BCUT2D eigenvalue weighted by Gasteiger charge is 2.44. The summed E-state index contributed by atoms with van der Waals surface area (Å²) in [6, 6.07) is 1.99. The largest absolute Gasteiger partial charge is 0.382 e. The zero-order valence-electron chi connectivity index (χ0n) is 13.5. The number of primary amides is 1. The summed E-state index contributed by atoms with van der Waals surface area (Å²) in [7, 11) is 1.58. The van der Waals surface area contributed by atoms with Crippen molar-refractivity contribution in [2.75, 3.05) is 20.3 Å². The summed E-state index contributed by atoms with van der Waals surface area (Å²) in [5, 5.41) is 4.48. The maximum Gasteiger partial charge on any atom is 0.244 e. The molecule has 0 aromatic carbocycles. The zero-order valence-corrected chi connectivity index (χ0v) is 13.5. The lowest BCUT2D eigenvalue weighted by atomic mass is 9.92. The lowest BCUT2D eigenvalue weighted by Gasteiger charge is -2.37. The van der Waals surface area contributed by atoms with Crippen molar-refractivity contribution in [3.8, 4) is 0 Å². The van der Waals surface area contributed by atoms with E-state index in [1.807, 2.05) is 12.3 Å². The Labute approximate surface area is 135 Å². The minimum atomic E-state index is -0.607. The van der Waals surface area contributed by atoms with Crippen LogP contribution in [0.25, 0.3) is 0 Å². The number of nitrogens with two attached hydrogens (primary N) is 1. The number of methoxy groups -OCH3 is 1. The van der Waals surface area contributed by atoms with Crippen LogP contribution in [0.15, 0.2) is 12.3 Å². The number of carbonyl (C=O) groups is 2. The topological polar surface area (TPSA) is 90.5 Å². The van der Waals surface area contributed by atoms with Crippen LogP contribution < -0.4 is 5.73 Å². The van der Waals surface area contributed by atoms with Gasteiger partial charge in [-0.05, 0) is 31.7 Å². The molecule has 2 N–H and O–H groups in total. The van der Waals surface area contributed by atoms with Gasteiger partial charge in [0.2, 0.25) is 11.8 Å². The molecule has 0 spiro atoms. The Hall–Kier alpha value is -1.89. The number of carbonyl (C=O) groups excluding carboxylic acids is 2. The van der Waals surface area contributed by atoms with Crippen LogP contribution >= 0.6 is 0 Å². The molecule has 0 bridgehead atoms. The number of likely N-dealkylation sites (tertiary alicyclic amines) is 1. The average Bonchev–Trinajstić information content (AvgIpc) is 3.10. The summed E-state index contributed by atoms with van der Waals surface area (Å²) in [4.78, 5) is 26.0. The van der Waals surface area contributed by atoms with Crippen molar-refractivity contribution in [2.45, 2.75) is 50.1 Å². The fraction of sp³-hybridized carbons (Fsp3) is 0.688. The molecule has 3 rings (SSSR count). The molecule has 0 unspecified atom stereocenters. The third-order valence-corrected chi connectivity index (χ3v) is 4.77. The van der Waals surface area contributed by atoms with Gasteiger partial charge >= 0.3 is 0 Å². The minimum Gasteiger partial charge on any atom is -0.382 e. The molecule has 7 nitrogen and oxygen atoms in total. The molecular formula is C16H24N4O3. The Balaban J connectivity index is 1.71. The lowest BCUT2D eigenvalue weighted by molar-refractivity contribution is -0.140.